The molecule has 0 saturated carbocycles. The predicted molar refractivity (Wildman–Crippen MR) is 83.6 cm³/mol. The van der Waals surface area contributed by atoms with Gasteiger partial charge in [-0.05, 0) is 26.7 Å². The van der Waals surface area contributed by atoms with Crippen LogP contribution in [0.1, 0.15) is 31.0 Å². The lowest BCUT2D eigenvalue weighted by atomic mass is 9.99. The van der Waals surface area contributed by atoms with Crippen LogP contribution in [0.2, 0.25) is 0 Å². The van der Waals surface area contributed by atoms with Crippen molar-refractivity contribution in [2.45, 2.75) is 39.8 Å². The summed E-state index contributed by atoms with van der Waals surface area (Å²) in [5, 5.41) is 7.15. The number of aromatic nitrogens is 2. The average molecular weight is 328 g/mol. The number of piperidine rings is 1. The minimum atomic E-state index is -3.23. The Labute approximate surface area is 131 Å². The minimum Gasteiger partial charge on any atom is -0.352 e. The van der Waals surface area contributed by atoms with Gasteiger partial charge in [0, 0.05) is 37.4 Å². The Balaban J connectivity index is 1.93. The molecule has 7 nitrogen and oxygen atoms in total. The van der Waals surface area contributed by atoms with Crippen molar-refractivity contribution < 1.29 is 13.2 Å². The smallest absolute Gasteiger partial charge is 0.224 e. The molecule has 1 atom stereocenters. The molecule has 0 spiro atoms. The van der Waals surface area contributed by atoms with Gasteiger partial charge < -0.3 is 5.32 Å². The predicted octanol–water partition coefficient (Wildman–Crippen LogP) is 0.499. The van der Waals surface area contributed by atoms with Crippen molar-refractivity contribution in [1.82, 2.24) is 19.4 Å². The van der Waals surface area contributed by atoms with Crippen molar-refractivity contribution in [2.24, 2.45) is 5.92 Å². The number of hydrogen-bond acceptors (Lipinski definition) is 4. The van der Waals surface area contributed by atoms with Crippen molar-refractivity contribution >= 4 is 15.9 Å². The highest BCUT2D eigenvalue weighted by molar-refractivity contribution is 7.88. The maximum Gasteiger partial charge on any atom is 0.224 e. The van der Waals surface area contributed by atoms with E-state index in [0.29, 0.717) is 13.1 Å². The van der Waals surface area contributed by atoms with E-state index in [0.717, 1.165) is 30.6 Å². The Kier molecular flexibility index (Phi) is 5.23. The number of amides is 1. The van der Waals surface area contributed by atoms with Crippen LogP contribution in [0.25, 0.3) is 0 Å². The number of nitrogens with one attached hydrogen (secondary N) is 1. The molecule has 0 radical (unpaired) electrons. The highest BCUT2D eigenvalue weighted by atomic mass is 32.2. The van der Waals surface area contributed by atoms with Crippen molar-refractivity contribution in [1.29, 1.82) is 0 Å². The summed E-state index contributed by atoms with van der Waals surface area (Å²) in [6, 6.07) is 0. The van der Waals surface area contributed by atoms with Crippen LogP contribution in [0.3, 0.4) is 0 Å². The lowest BCUT2D eigenvalue weighted by Gasteiger charge is -2.30. The topological polar surface area (TPSA) is 84.3 Å². The van der Waals surface area contributed by atoms with Crippen LogP contribution >= 0.6 is 0 Å². The number of rotatable bonds is 5. The molecule has 1 aromatic rings. The number of sulfonamides is 1. The van der Waals surface area contributed by atoms with Gasteiger partial charge in [-0.3, -0.25) is 9.48 Å². The van der Waals surface area contributed by atoms with Crippen molar-refractivity contribution in [2.75, 3.05) is 19.3 Å². The molecule has 0 bridgehead atoms. The molecule has 124 valence electrons. The molecule has 2 heterocycles. The van der Waals surface area contributed by atoms with Crippen molar-refractivity contribution in [3.05, 3.63) is 17.5 Å². The third-order valence-corrected chi connectivity index (χ3v) is 5.45. The summed E-state index contributed by atoms with van der Waals surface area (Å²) in [5.41, 5.74) is 2.04. The Morgan fingerprint density at radius 1 is 1.50 bits per heavy atom. The minimum absolute atomic E-state index is 0.0861. The van der Waals surface area contributed by atoms with E-state index in [1.54, 1.807) is 6.20 Å². The van der Waals surface area contributed by atoms with E-state index in [4.69, 9.17) is 0 Å². The number of nitrogens with zero attached hydrogens (tertiary/aromatic N) is 3. The van der Waals surface area contributed by atoms with Crippen LogP contribution in [0.4, 0.5) is 0 Å². The second-order valence-electron chi connectivity index (χ2n) is 5.75. The second kappa shape index (κ2) is 6.78. The fourth-order valence-electron chi connectivity index (χ4n) is 2.76. The van der Waals surface area contributed by atoms with Gasteiger partial charge in [-0.15, -0.1) is 0 Å². The summed E-state index contributed by atoms with van der Waals surface area (Å²) in [4.78, 5) is 12.3. The summed E-state index contributed by atoms with van der Waals surface area (Å²) in [6.07, 6.45) is 4.40. The Hall–Kier alpha value is -1.41. The van der Waals surface area contributed by atoms with E-state index < -0.39 is 10.0 Å². The first kappa shape index (κ1) is 17.0. The zero-order valence-electron chi connectivity index (χ0n) is 13.4. The van der Waals surface area contributed by atoms with E-state index in [9.17, 15) is 13.2 Å². The molecule has 22 heavy (non-hydrogen) atoms. The first-order valence-electron chi connectivity index (χ1n) is 7.57. The molecule has 1 aliphatic rings. The fourth-order valence-corrected chi connectivity index (χ4v) is 3.67. The Bertz CT molecular complexity index is 639. The molecular weight excluding hydrogens is 304 g/mol. The number of carbonyl (C=O) groups is 1. The maximum atomic E-state index is 12.3. The fraction of sp³-hybridized carbons (Fsp3) is 0.714. The molecule has 1 aliphatic heterocycles. The molecule has 2 rings (SSSR count). The Morgan fingerprint density at radius 3 is 2.82 bits per heavy atom. The summed E-state index contributed by atoms with van der Waals surface area (Å²) in [7, 11) is -3.23. The second-order valence-corrected chi connectivity index (χ2v) is 7.73. The van der Waals surface area contributed by atoms with Crippen molar-refractivity contribution in [3.63, 3.8) is 0 Å². The molecule has 1 aromatic heterocycles. The number of carbonyl (C=O) groups excluding carboxylic acids is 1. The molecule has 0 aliphatic carbocycles. The van der Waals surface area contributed by atoms with Crippen LogP contribution in [-0.4, -0.2) is 47.8 Å². The lowest BCUT2D eigenvalue weighted by Crippen LogP contribution is -2.44. The van der Waals surface area contributed by atoms with E-state index in [-0.39, 0.29) is 18.4 Å². The van der Waals surface area contributed by atoms with Crippen molar-refractivity contribution in [3.8, 4) is 0 Å². The third kappa shape index (κ3) is 3.86. The summed E-state index contributed by atoms with van der Waals surface area (Å²) >= 11 is 0. The van der Waals surface area contributed by atoms with Crippen LogP contribution in [-0.2, 0) is 27.9 Å². The zero-order valence-corrected chi connectivity index (χ0v) is 14.2. The van der Waals surface area contributed by atoms with Gasteiger partial charge in [0.05, 0.1) is 18.4 Å². The first-order chi connectivity index (χ1) is 10.3. The van der Waals surface area contributed by atoms with Gasteiger partial charge in [0.1, 0.15) is 0 Å². The molecule has 1 N–H and O–H groups in total. The molecule has 1 fully saturated rings. The van der Waals surface area contributed by atoms with Gasteiger partial charge in [-0.1, -0.05) is 0 Å². The number of aryl methyl sites for hydroxylation is 1. The van der Waals surface area contributed by atoms with Gasteiger partial charge in [0.2, 0.25) is 15.9 Å². The van der Waals surface area contributed by atoms with Crippen LogP contribution in [0.15, 0.2) is 6.20 Å². The quantitative estimate of drug-likeness (QED) is 0.853. The molecule has 0 aromatic carbocycles. The zero-order chi connectivity index (χ0) is 16.3. The van der Waals surface area contributed by atoms with Crippen LogP contribution in [0, 0.1) is 12.8 Å². The average Bonchev–Trinajstić information content (AvgIpc) is 2.84. The Morgan fingerprint density at radius 2 is 2.23 bits per heavy atom. The molecule has 1 saturated heterocycles. The molecule has 0 unspecified atom stereocenters. The number of hydrogen-bond donors (Lipinski definition) is 1. The van der Waals surface area contributed by atoms with E-state index in [1.165, 1.54) is 10.6 Å². The van der Waals surface area contributed by atoms with E-state index in [1.807, 2.05) is 18.5 Å². The maximum absolute atomic E-state index is 12.3. The summed E-state index contributed by atoms with van der Waals surface area (Å²) in [6.45, 7) is 6.00. The third-order valence-electron chi connectivity index (χ3n) is 4.18. The van der Waals surface area contributed by atoms with Crippen LogP contribution in [0.5, 0.6) is 0 Å². The summed E-state index contributed by atoms with van der Waals surface area (Å²) < 4.78 is 26.5. The van der Waals surface area contributed by atoms with Gasteiger partial charge in [0.25, 0.3) is 0 Å². The first-order valence-corrected chi connectivity index (χ1v) is 9.42. The van der Waals surface area contributed by atoms with Gasteiger partial charge >= 0.3 is 0 Å². The molecular formula is C14H24N4O3S. The monoisotopic (exact) mass is 328 g/mol. The SMILES string of the molecule is CCn1ncc(CNC(=O)[C@H]2CCCN(S(C)(=O)=O)C2)c1C. The molecule has 1 amide bonds. The van der Waals surface area contributed by atoms with E-state index in [2.05, 4.69) is 10.4 Å². The van der Waals surface area contributed by atoms with E-state index >= 15 is 0 Å². The lowest BCUT2D eigenvalue weighted by molar-refractivity contribution is -0.126. The summed E-state index contributed by atoms with van der Waals surface area (Å²) in [5.74, 6) is -0.359. The van der Waals surface area contributed by atoms with Gasteiger partial charge in [-0.25, -0.2) is 12.7 Å². The van der Waals surface area contributed by atoms with Gasteiger partial charge in [-0.2, -0.15) is 5.10 Å². The normalized spacial score (nSPS) is 20.0. The highest BCUT2D eigenvalue weighted by Gasteiger charge is 2.30. The van der Waals surface area contributed by atoms with Crippen LogP contribution < -0.4 is 5.32 Å². The largest absolute Gasteiger partial charge is 0.352 e. The van der Waals surface area contributed by atoms with Gasteiger partial charge in [0.15, 0.2) is 0 Å². The molecule has 8 heteroatoms. The highest BCUT2D eigenvalue weighted by Crippen LogP contribution is 2.19. The standard InChI is InChI=1S/C14H24N4O3S/c1-4-18-11(2)13(9-16-18)8-15-14(19)12-6-5-7-17(10-12)22(3,20)21/h9,12H,4-8,10H2,1-3H3,(H,15,19)/t12-/m0/s1.